The minimum atomic E-state index is -1.23. The number of carboxylic acid groups (broad SMARTS) is 3. The summed E-state index contributed by atoms with van der Waals surface area (Å²) < 4.78 is 0. The van der Waals surface area contributed by atoms with Crippen molar-refractivity contribution in [2.45, 2.75) is 0 Å². The summed E-state index contributed by atoms with van der Waals surface area (Å²) in [7, 11) is 0. The van der Waals surface area contributed by atoms with Crippen molar-refractivity contribution < 1.29 is 69.6 Å². The van der Waals surface area contributed by atoms with Gasteiger partial charge < -0.3 is 29.7 Å². The van der Waals surface area contributed by atoms with Crippen LogP contribution in [0.2, 0.25) is 0 Å². The van der Waals surface area contributed by atoms with Crippen molar-refractivity contribution in [1.82, 2.24) is 14.7 Å². The maximum absolute atomic E-state index is 10.7. The second kappa shape index (κ2) is 11.2. The molecule has 22 heavy (non-hydrogen) atoms. The summed E-state index contributed by atoms with van der Waals surface area (Å²) in [6, 6.07) is 0. The van der Waals surface area contributed by atoms with Gasteiger partial charge in [0.05, 0.1) is 17.9 Å². The van der Waals surface area contributed by atoms with Crippen LogP contribution in [0.1, 0.15) is 0 Å². The van der Waals surface area contributed by atoms with E-state index in [4.69, 9.17) is 0 Å². The second-order valence-electron chi connectivity index (χ2n) is 4.94. The molecule has 10 heteroatoms. The molecule has 0 spiro atoms. The average molecular weight is 458 g/mol. The minimum Gasteiger partial charge on any atom is -0.549 e. The summed E-state index contributed by atoms with van der Waals surface area (Å²) in [4.78, 5) is 36.8. The Hall–Kier alpha value is -0.385. The van der Waals surface area contributed by atoms with E-state index < -0.39 is 17.9 Å². The molecule has 1 radical (unpaired) electrons. The van der Waals surface area contributed by atoms with Gasteiger partial charge in [-0.25, -0.2) is 0 Å². The molecule has 0 unspecified atom stereocenters. The first-order chi connectivity index (χ1) is 9.86. The molecular weight excluding hydrogens is 439 g/mol. The van der Waals surface area contributed by atoms with Gasteiger partial charge in [0, 0.05) is 58.9 Å². The third-order valence-electron chi connectivity index (χ3n) is 3.26. The zero-order chi connectivity index (χ0) is 15.8. The van der Waals surface area contributed by atoms with Crippen molar-refractivity contribution in [1.29, 1.82) is 0 Å². The topological polar surface area (TPSA) is 130 Å². The number of hydrogen-bond donors (Lipinski definition) is 0. The Balaban J connectivity index is 0.00000441. The van der Waals surface area contributed by atoms with Gasteiger partial charge in [-0.3, -0.25) is 14.7 Å². The summed E-state index contributed by atoms with van der Waals surface area (Å²) in [5, 5.41) is 32.0. The van der Waals surface area contributed by atoms with Crippen LogP contribution < -0.4 is 15.3 Å². The fourth-order valence-electron chi connectivity index (χ4n) is 2.21. The molecule has 0 N–H and O–H groups in total. The molecule has 1 aliphatic rings. The molecule has 0 saturated carbocycles. The number of carbonyl (C=O) groups excluding carboxylic acids is 3. The Bertz CT molecular complexity index is 326. The summed E-state index contributed by atoms with van der Waals surface area (Å²) in [5.74, 6) is -3.69. The first kappa shape index (κ1) is 21.6. The Morgan fingerprint density at radius 2 is 0.773 bits per heavy atom. The van der Waals surface area contributed by atoms with E-state index in [9.17, 15) is 29.7 Å². The monoisotopic (exact) mass is 458 g/mol. The molecular formula is C12H18GdN3O6. The molecule has 9 nitrogen and oxygen atoms in total. The fraction of sp³-hybridized carbons (Fsp3) is 0.750. The van der Waals surface area contributed by atoms with E-state index in [1.165, 1.54) is 0 Å². The van der Waals surface area contributed by atoms with Crippen molar-refractivity contribution in [3.8, 4) is 0 Å². The number of nitrogens with zero attached hydrogens (tertiary/aromatic N) is 3. The van der Waals surface area contributed by atoms with E-state index in [1.807, 2.05) is 0 Å². The zero-order valence-electron chi connectivity index (χ0n) is 12.0. The van der Waals surface area contributed by atoms with Gasteiger partial charge in [-0.2, -0.15) is 0 Å². The van der Waals surface area contributed by atoms with Crippen LogP contribution in [0, 0.1) is 39.9 Å². The summed E-state index contributed by atoms with van der Waals surface area (Å²) in [5.41, 5.74) is 0. The third-order valence-corrected chi connectivity index (χ3v) is 3.26. The molecule has 0 bridgehead atoms. The quantitative estimate of drug-likeness (QED) is 0.383. The largest absolute Gasteiger partial charge is 3.00 e. The van der Waals surface area contributed by atoms with Crippen molar-refractivity contribution in [2.75, 3.05) is 58.9 Å². The van der Waals surface area contributed by atoms with Crippen LogP contribution in [0.5, 0.6) is 0 Å². The molecule has 0 aromatic rings. The number of carboxylic acids is 3. The Morgan fingerprint density at radius 1 is 0.591 bits per heavy atom. The summed E-state index contributed by atoms with van der Waals surface area (Å²) >= 11 is 0. The second-order valence-corrected chi connectivity index (χ2v) is 4.94. The first-order valence-corrected chi connectivity index (χ1v) is 6.63. The van der Waals surface area contributed by atoms with Gasteiger partial charge in [0.15, 0.2) is 0 Å². The molecule has 1 aliphatic heterocycles. The Morgan fingerprint density at radius 3 is 0.909 bits per heavy atom. The van der Waals surface area contributed by atoms with Gasteiger partial charge in [0.1, 0.15) is 0 Å². The third kappa shape index (κ3) is 9.60. The number of rotatable bonds is 6. The van der Waals surface area contributed by atoms with Crippen molar-refractivity contribution in [2.24, 2.45) is 0 Å². The van der Waals surface area contributed by atoms with Crippen molar-refractivity contribution in [3.63, 3.8) is 0 Å². The Labute approximate surface area is 160 Å². The van der Waals surface area contributed by atoms with E-state index in [2.05, 4.69) is 0 Å². The SMILES string of the molecule is O=C([O-])CN1CCN(CC(=O)[O-])CCN(CC(=O)[O-])CC1.[Gd+3]. The molecule has 125 valence electrons. The van der Waals surface area contributed by atoms with Gasteiger partial charge in [0.2, 0.25) is 0 Å². The van der Waals surface area contributed by atoms with Crippen LogP contribution >= 0.6 is 0 Å². The predicted molar refractivity (Wildman–Crippen MR) is 64.3 cm³/mol. The van der Waals surface area contributed by atoms with Crippen LogP contribution in [0.3, 0.4) is 0 Å². The standard InChI is InChI=1S/C12H21N3O6.Gd/c16-10(17)7-13-1-2-14(8-11(18)19)5-6-15(4-3-13)9-12(20)21;/h1-9H2,(H,16,17)(H,18,19)(H,20,21);/q;+3/p-3. The van der Waals surface area contributed by atoms with E-state index >= 15 is 0 Å². The number of carbonyl (C=O) groups is 3. The van der Waals surface area contributed by atoms with Crippen LogP contribution in [0.25, 0.3) is 0 Å². The fourth-order valence-corrected chi connectivity index (χ4v) is 2.21. The number of aliphatic carboxylic acids is 3. The maximum atomic E-state index is 10.7. The Kier molecular flexibility index (Phi) is 11.0. The van der Waals surface area contributed by atoms with E-state index in [1.54, 1.807) is 14.7 Å². The molecule has 0 aliphatic carbocycles. The maximum Gasteiger partial charge on any atom is 3.00 e. The van der Waals surface area contributed by atoms with Crippen LogP contribution in [0.4, 0.5) is 0 Å². The van der Waals surface area contributed by atoms with Crippen molar-refractivity contribution in [3.05, 3.63) is 0 Å². The predicted octanol–water partition coefficient (Wildman–Crippen LogP) is -5.84. The van der Waals surface area contributed by atoms with E-state index in [0.717, 1.165) is 0 Å². The minimum absolute atomic E-state index is 0. The molecule has 0 atom stereocenters. The van der Waals surface area contributed by atoms with Crippen LogP contribution in [0.15, 0.2) is 0 Å². The summed E-state index contributed by atoms with van der Waals surface area (Å²) in [6.07, 6.45) is 0. The normalized spacial score (nSPS) is 18.5. The van der Waals surface area contributed by atoms with Gasteiger partial charge in [-0.05, 0) is 0 Å². The van der Waals surface area contributed by atoms with Gasteiger partial charge in [-0.15, -0.1) is 0 Å². The number of hydrogen-bond acceptors (Lipinski definition) is 9. The van der Waals surface area contributed by atoms with Crippen LogP contribution in [-0.2, 0) is 14.4 Å². The van der Waals surface area contributed by atoms with Crippen LogP contribution in [-0.4, -0.2) is 91.5 Å². The molecule has 0 aromatic heterocycles. The molecule has 1 rings (SSSR count). The van der Waals surface area contributed by atoms with Gasteiger partial charge >= 0.3 is 39.9 Å². The van der Waals surface area contributed by atoms with Gasteiger partial charge in [-0.1, -0.05) is 0 Å². The summed E-state index contributed by atoms with van der Waals surface area (Å²) in [6.45, 7) is 1.33. The van der Waals surface area contributed by atoms with E-state index in [0.29, 0.717) is 39.3 Å². The average Bonchev–Trinajstić information content (AvgIpc) is 2.42. The van der Waals surface area contributed by atoms with Gasteiger partial charge in [0.25, 0.3) is 0 Å². The van der Waals surface area contributed by atoms with E-state index in [-0.39, 0.29) is 59.6 Å². The molecule has 1 heterocycles. The first-order valence-electron chi connectivity index (χ1n) is 6.63. The van der Waals surface area contributed by atoms with Crippen molar-refractivity contribution >= 4 is 17.9 Å². The molecule has 0 aromatic carbocycles. The molecule has 1 saturated heterocycles. The molecule has 1 fully saturated rings. The molecule has 0 amide bonds. The smallest absolute Gasteiger partial charge is 0.549 e. The zero-order valence-corrected chi connectivity index (χ0v) is 14.3.